The minimum atomic E-state index is -0.216. The van der Waals surface area contributed by atoms with E-state index in [9.17, 15) is 4.39 Å². The van der Waals surface area contributed by atoms with Crippen molar-refractivity contribution in [3.63, 3.8) is 0 Å². The summed E-state index contributed by atoms with van der Waals surface area (Å²) < 4.78 is 13.3. The number of nitrogens with two attached hydrogens (primary N) is 1. The Balaban J connectivity index is 2.06. The van der Waals surface area contributed by atoms with Gasteiger partial charge in [-0.25, -0.2) is 4.39 Å². The molecule has 0 aromatic heterocycles. The average molecular weight is 266 g/mol. The third-order valence-electron chi connectivity index (χ3n) is 3.94. The Morgan fingerprint density at radius 2 is 2.21 bits per heavy atom. The molecule has 1 aliphatic rings. The van der Waals surface area contributed by atoms with Gasteiger partial charge in [-0.05, 0) is 38.2 Å². The SMILES string of the molecule is CN1CCN(C)C(CC(NN)c2cccc(F)c2)C1. The normalized spacial score (nSPS) is 23.5. The second-order valence-corrected chi connectivity index (χ2v) is 5.41. The molecule has 19 heavy (non-hydrogen) atoms. The zero-order valence-corrected chi connectivity index (χ0v) is 11.6. The summed E-state index contributed by atoms with van der Waals surface area (Å²) in [4.78, 5) is 4.67. The third-order valence-corrected chi connectivity index (χ3v) is 3.94. The van der Waals surface area contributed by atoms with E-state index in [1.165, 1.54) is 6.07 Å². The highest BCUT2D eigenvalue weighted by Gasteiger charge is 2.25. The zero-order chi connectivity index (χ0) is 13.8. The lowest BCUT2D eigenvalue weighted by atomic mass is 9.97. The Morgan fingerprint density at radius 3 is 2.89 bits per heavy atom. The van der Waals surface area contributed by atoms with E-state index in [1.54, 1.807) is 12.1 Å². The van der Waals surface area contributed by atoms with Crippen molar-refractivity contribution in [1.82, 2.24) is 15.2 Å². The second-order valence-electron chi connectivity index (χ2n) is 5.41. The summed E-state index contributed by atoms with van der Waals surface area (Å²) in [6, 6.07) is 7.07. The number of nitrogens with one attached hydrogen (secondary N) is 1. The molecule has 1 saturated heterocycles. The smallest absolute Gasteiger partial charge is 0.123 e. The number of benzene rings is 1. The Labute approximate surface area is 114 Å². The monoisotopic (exact) mass is 266 g/mol. The van der Waals surface area contributed by atoms with E-state index in [0.717, 1.165) is 31.6 Å². The minimum absolute atomic E-state index is 0.0188. The van der Waals surface area contributed by atoms with Crippen LogP contribution in [0.5, 0.6) is 0 Å². The molecule has 106 valence electrons. The van der Waals surface area contributed by atoms with Gasteiger partial charge in [0.05, 0.1) is 0 Å². The van der Waals surface area contributed by atoms with Crippen molar-refractivity contribution in [2.75, 3.05) is 33.7 Å². The fourth-order valence-electron chi connectivity index (χ4n) is 2.65. The maximum Gasteiger partial charge on any atom is 0.123 e. The summed E-state index contributed by atoms with van der Waals surface area (Å²) in [7, 11) is 4.27. The quantitative estimate of drug-likeness (QED) is 0.629. The molecule has 1 aromatic rings. The van der Waals surface area contributed by atoms with Crippen LogP contribution in [0.1, 0.15) is 18.0 Å². The summed E-state index contributed by atoms with van der Waals surface area (Å²) in [5.41, 5.74) is 3.72. The van der Waals surface area contributed by atoms with E-state index in [2.05, 4.69) is 29.3 Å². The predicted molar refractivity (Wildman–Crippen MR) is 75.0 cm³/mol. The summed E-state index contributed by atoms with van der Waals surface area (Å²) in [5.74, 6) is 5.43. The Bertz CT molecular complexity index is 412. The van der Waals surface area contributed by atoms with Gasteiger partial charge in [0, 0.05) is 31.7 Å². The standard InChI is InChI=1S/C14H23FN4/c1-18-6-7-19(2)13(10-18)9-14(17-16)11-4-3-5-12(15)8-11/h3-5,8,13-14,17H,6-7,9-10,16H2,1-2H3. The van der Waals surface area contributed by atoms with Crippen molar-refractivity contribution in [2.45, 2.75) is 18.5 Å². The molecular weight excluding hydrogens is 243 g/mol. The van der Waals surface area contributed by atoms with Gasteiger partial charge in [-0.1, -0.05) is 12.1 Å². The van der Waals surface area contributed by atoms with Crippen LogP contribution in [0.15, 0.2) is 24.3 Å². The highest BCUT2D eigenvalue weighted by Crippen LogP contribution is 2.22. The molecule has 0 saturated carbocycles. The number of hydrazine groups is 1. The molecule has 2 unspecified atom stereocenters. The van der Waals surface area contributed by atoms with Crippen LogP contribution in [0.2, 0.25) is 0 Å². The van der Waals surface area contributed by atoms with E-state index in [1.807, 2.05) is 6.07 Å². The Kier molecular flexibility index (Phi) is 4.87. The van der Waals surface area contributed by atoms with Gasteiger partial charge in [-0.3, -0.25) is 11.3 Å². The molecule has 1 heterocycles. The van der Waals surface area contributed by atoms with Crippen LogP contribution in [0, 0.1) is 5.82 Å². The van der Waals surface area contributed by atoms with Gasteiger partial charge < -0.3 is 9.80 Å². The maximum absolute atomic E-state index is 13.3. The molecule has 1 aromatic carbocycles. The summed E-state index contributed by atoms with van der Waals surface area (Å²) in [5, 5.41) is 0. The number of halogens is 1. The van der Waals surface area contributed by atoms with Gasteiger partial charge in [0.2, 0.25) is 0 Å². The van der Waals surface area contributed by atoms with Crippen molar-refractivity contribution in [3.05, 3.63) is 35.6 Å². The van der Waals surface area contributed by atoms with Crippen molar-refractivity contribution in [1.29, 1.82) is 0 Å². The van der Waals surface area contributed by atoms with Gasteiger partial charge >= 0.3 is 0 Å². The summed E-state index contributed by atoms with van der Waals surface area (Å²) >= 11 is 0. The molecular formula is C14H23FN4. The van der Waals surface area contributed by atoms with E-state index in [4.69, 9.17) is 5.84 Å². The lowest BCUT2D eigenvalue weighted by Gasteiger charge is -2.39. The van der Waals surface area contributed by atoms with Gasteiger partial charge in [0.1, 0.15) is 5.82 Å². The number of nitrogens with zero attached hydrogens (tertiary/aromatic N) is 2. The first-order valence-electron chi connectivity index (χ1n) is 6.70. The second kappa shape index (κ2) is 6.43. The average Bonchev–Trinajstić information content (AvgIpc) is 2.39. The number of rotatable bonds is 4. The van der Waals surface area contributed by atoms with Crippen LogP contribution < -0.4 is 11.3 Å². The van der Waals surface area contributed by atoms with Crippen molar-refractivity contribution < 1.29 is 4.39 Å². The summed E-state index contributed by atoms with van der Waals surface area (Å²) in [6.45, 7) is 3.17. The lowest BCUT2D eigenvalue weighted by Crippen LogP contribution is -2.51. The van der Waals surface area contributed by atoms with Crippen LogP contribution >= 0.6 is 0 Å². The van der Waals surface area contributed by atoms with Gasteiger partial charge in [0.15, 0.2) is 0 Å². The van der Waals surface area contributed by atoms with Crippen LogP contribution in [-0.2, 0) is 0 Å². The first-order chi connectivity index (χ1) is 9.10. The Hall–Kier alpha value is -1.01. The van der Waals surface area contributed by atoms with E-state index < -0.39 is 0 Å². The highest BCUT2D eigenvalue weighted by atomic mass is 19.1. The van der Waals surface area contributed by atoms with E-state index >= 15 is 0 Å². The molecule has 0 aliphatic carbocycles. The lowest BCUT2D eigenvalue weighted by molar-refractivity contribution is 0.101. The van der Waals surface area contributed by atoms with Gasteiger partial charge in [0.25, 0.3) is 0 Å². The molecule has 2 rings (SSSR count). The van der Waals surface area contributed by atoms with Crippen LogP contribution in [0.3, 0.4) is 0 Å². The van der Waals surface area contributed by atoms with Gasteiger partial charge in [-0.15, -0.1) is 0 Å². The predicted octanol–water partition coefficient (Wildman–Crippen LogP) is 0.966. The molecule has 1 fully saturated rings. The van der Waals surface area contributed by atoms with E-state index in [0.29, 0.717) is 6.04 Å². The molecule has 0 radical (unpaired) electrons. The van der Waals surface area contributed by atoms with Crippen molar-refractivity contribution in [3.8, 4) is 0 Å². The fraction of sp³-hybridized carbons (Fsp3) is 0.571. The van der Waals surface area contributed by atoms with Gasteiger partial charge in [-0.2, -0.15) is 0 Å². The van der Waals surface area contributed by atoms with E-state index in [-0.39, 0.29) is 11.9 Å². The molecule has 0 bridgehead atoms. The van der Waals surface area contributed by atoms with Crippen molar-refractivity contribution >= 4 is 0 Å². The molecule has 0 amide bonds. The van der Waals surface area contributed by atoms with Crippen LogP contribution in [0.25, 0.3) is 0 Å². The molecule has 5 heteroatoms. The molecule has 1 aliphatic heterocycles. The zero-order valence-electron chi connectivity index (χ0n) is 11.6. The summed E-state index contributed by atoms with van der Waals surface area (Å²) in [6.07, 6.45) is 0.876. The molecule has 0 spiro atoms. The number of piperazine rings is 1. The minimum Gasteiger partial charge on any atom is -0.304 e. The molecule has 4 nitrogen and oxygen atoms in total. The maximum atomic E-state index is 13.3. The topological polar surface area (TPSA) is 44.5 Å². The first-order valence-corrected chi connectivity index (χ1v) is 6.70. The van der Waals surface area contributed by atoms with Crippen molar-refractivity contribution in [2.24, 2.45) is 5.84 Å². The molecule has 3 N–H and O–H groups in total. The molecule has 2 atom stereocenters. The Morgan fingerprint density at radius 1 is 1.42 bits per heavy atom. The van der Waals surface area contributed by atoms with Crippen LogP contribution in [-0.4, -0.2) is 49.6 Å². The fourth-order valence-corrected chi connectivity index (χ4v) is 2.65. The largest absolute Gasteiger partial charge is 0.304 e. The number of hydrogen-bond acceptors (Lipinski definition) is 4. The number of hydrogen-bond donors (Lipinski definition) is 2. The third kappa shape index (κ3) is 3.73. The highest BCUT2D eigenvalue weighted by molar-refractivity contribution is 5.20. The first kappa shape index (κ1) is 14.4. The van der Waals surface area contributed by atoms with Crippen LogP contribution in [0.4, 0.5) is 4.39 Å². The number of likely N-dealkylation sites (N-methyl/N-ethyl adjacent to an activating group) is 2.